The van der Waals surface area contributed by atoms with Gasteiger partial charge < -0.3 is 5.32 Å². The predicted octanol–water partition coefficient (Wildman–Crippen LogP) is 5.04. The number of aromatic nitrogens is 2. The molecular weight excluding hydrogens is 258 g/mol. The molecule has 0 aromatic carbocycles. The number of rotatable bonds is 9. The van der Waals surface area contributed by atoms with Crippen LogP contribution in [0.2, 0.25) is 0 Å². The van der Waals surface area contributed by atoms with E-state index in [1.54, 1.807) is 0 Å². The van der Waals surface area contributed by atoms with Crippen molar-refractivity contribution in [2.24, 2.45) is 11.8 Å². The van der Waals surface area contributed by atoms with Crippen molar-refractivity contribution in [3.8, 4) is 0 Å². The maximum atomic E-state index is 4.69. The molecule has 0 spiro atoms. The molecule has 0 unspecified atom stereocenters. The molecule has 120 valence electrons. The third-order valence-corrected chi connectivity index (χ3v) is 3.61. The van der Waals surface area contributed by atoms with Gasteiger partial charge in [0.15, 0.2) is 0 Å². The average molecular weight is 291 g/mol. The van der Waals surface area contributed by atoms with Crippen LogP contribution in [0, 0.1) is 11.8 Å². The lowest BCUT2D eigenvalue weighted by atomic mass is 10.0. The van der Waals surface area contributed by atoms with E-state index in [-0.39, 0.29) is 0 Å². The van der Waals surface area contributed by atoms with Gasteiger partial charge in [0.2, 0.25) is 5.95 Å². The molecule has 1 rings (SSSR count). The van der Waals surface area contributed by atoms with Crippen LogP contribution in [0.1, 0.15) is 78.1 Å². The number of aryl methyl sites for hydroxylation is 1. The molecule has 0 atom stereocenters. The van der Waals surface area contributed by atoms with Crippen LogP contribution in [0.15, 0.2) is 6.07 Å². The lowest BCUT2D eigenvalue weighted by Crippen LogP contribution is -2.11. The van der Waals surface area contributed by atoms with Gasteiger partial charge in [0, 0.05) is 17.9 Å². The number of nitrogens with one attached hydrogen (secondary N) is 1. The smallest absolute Gasteiger partial charge is 0.223 e. The van der Waals surface area contributed by atoms with Crippen LogP contribution in [0.25, 0.3) is 0 Å². The van der Waals surface area contributed by atoms with Crippen molar-refractivity contribution in [2.75, 3.05) is 11.9 Å². The van der Waals surface area contributed by atoms with E-state index < -0.39 is 0 Å². The zero-order chi connectivity index (χ0) is 15.8. The van der Waals surface area contributed by atoms with Crippen LogP contribution in [0.5, 0.6) is 0 Å². The van der Waals surface area contributed by atoms with E-state index in [4.69, 9.17) is 0 Å². The van der Waals surface area contributed by atoms with Crippen molar-refractivity contribution in [1.29, 1.82) is 0 Å². The third kappa shape index (κ3) is 7.45. The van der Waals surface area contributed by atoms with Gasteiger partial charge in [-0.25, -0.2) is 9.97 Å². The fourth-order valence-electron chi connectivity index (χ4n) is 2.19. The summed E-state index contributed by atoms with van der Waals surface area (Å²) in [5.41, 5.74) is 2.33. The van der Waals surface area contributed by atoms with Crippen molar-refractivity contribution in [3.63, 3.8) is 0 Å². The Balaban J connectivity index is 2.70. The molecule has 0 bridgehead atoms. The van der Waals surface area contributed by atoms with E-state index in [9.17, 15) is 0 Å². The van der Waals surface area contributed by atoms with Crippen molar-refractivity contribution in [1.82, 2.24) is 9.97 Å². The molecule has 0 fully saturated rings. The van der Waals surface area contributed by atoms with E-state index >= 15 is 0 Å². The van der Waals surface area contributed by atoms with Gasteiger partial charge in [-0.3, -0.25) is 0 Å². The highest BCUT2D eigenvalue weighted by Gasteiger charge is 2.08. The summed E-state index contributed by atoms with van der Waals surface area (Å²) in [7, 11) is 0. The van der Waals surface area contributed by atoms with E-state index in [0.717, 1.165) is 36.9 Å². The lowest BCUT2D eigenvalue weighted by molar-refractivity contribution is 0.552. The van der Waals surface area contributed by atoms with Gasteiger partial charge in [-0.15, -0.1) is 0 Å². The Kier molecular flexibility index (Phi) is 7.69. The number of anilines is 1. The first kappa shape index (κ1) is 17.9. The molecule has 0 amide bonds. The van der Waals surface area contributed by atoms with E-state index in [1.165, 1.54) is 18.5 Å². The van der Waals surface area contributed by atoms with Crippen LogP contribution < -0.4 is 5.32 Å². The molecule has 3 heteroatoms. The van der Waals surface area contributed by atoms with Crippen molar-refractivity contribution >= 4 is 5.95 Å². The maximum absolute atomic E-state index is 4.69. The third-order valence-electron chi connectivity index (χ3n) is 3.61. The fraction of sp³-hybridized carbons (Fsp3) is 0.778. The Morgan fingerprint density at radius 3 is 2.19 bits per heavy atom. The molecule has 1 aromatic rings. The second-order valence-electron chi connectivity index (χ2n) is 7.16. The van der Waals surface area contributed by atoms with Crippen molar-refractivity contribution in [3.05, 3.63) is 17.5 Å². The van der Waals surface area contributed by atoms with E-state index in [0.29, 0.717) is 11.8 Å². The summed E-state index contributed by atoms with van der Waals surface area (Å²) in [6.07, 6.45) is 4.67. The van der Waals surface area contributed by atoms with Crippen LogP contribution in [0.4, 0.5) is 5.95 Å². The summed E-state index contributed by atoms with van der Waals surface area (Å²) < 4.78 is 0. The van der Waals surface area contributed by atoms with Crippen LogP contribution in [-0.4, -0.2) is 16.5 Å². The number of hydrogen-bond acceptors (Lipinski definition) is 3. The molecule has 1 heterocycles. The van der Waals surface area contributed by atoms with Crippen LogP contribution in [0.3, 0.4) is 0 Å². The zero-order valence-electron chi connectivity index (χ0n) is 14.7. The first-order valence-electron chi connectivity index (χ1n) is 8.50. The quantitative estimate of drug-likeness (QED) is 0.693. The van der Waals surface area contributed by atoms with Gasteiger partial charge in [0.05, 0.1) is 0 Å². The Morgan fingerprint density at radius 2 is 1.62 bits per heavy atom. The monoisotopic (exact) mass is 291 g/mol. The molecule has 0 aliphatic heterocycles. The second-order valence-corrected chi connectivity index (χ2v) is 7.16. The molecule has 0 aliphatic carbocycles. The van der Waals surface area contributed by atoms with Gasteiger partial charge in [-0.2, -0.15) is 0 Å². The summed E-state index contributed by atoms with van der Waals surface area (Å²) in [5.74, 6) is 2.72. The van der Waals surface area contributed by atoms with Gasteiger partial charge in [0.25, 0.3) is 0 Å². The Bertz CT molecular complexity index is 379. The highest BCUT2D eigenvalue weighted by Crippen LogP contribution is 2.17. The van der Waals surface area contributed by atoms with E-state index in [2.05, 4.69) is 62.9 Å². The summed E-state index contributed by atoms with van der Waals surface area (Å²) >= 11 is 0. The lowest BCUT2D eigenvalue weighted by Gasteiger charge is -2.12. The molecule has 0 saturated heterocycles. The molecule has 1 aromatic heterocycles. The highest BCUT2D eigenvalue weighted by atomic mass is 15.1. The minimum atomic E-state index is 0.447. The Hall–Kier alpha value is -1.12. The minimum absolute atomic E-state index is 0.447. The predicted molar refractivity (Wildman–Crippen MR) is 91.8 cm³/mol. The van der Waals surface area contributed by atoms with Gasteiger partial charge in [-0.1, -0.05) is 48.0 Å². The highest BCUT2D eigenvalue weighted by molar-refractivity contribution is 5.29. The average Bonchev–Trinajstić information content (AvgIpc) is 2.37. The normalized spacial score (nSPS) is 11.7. The number of nitrogens with zero attached hydrogens (tertiary/aromatic N) is 2. The summed E-state index contributed by atoms with van der Waals surface area (Å²) in [5, 5.41) is 3.39. The molecule has 21 heavy (non-hydrogen) atoms. The molecule has 0 aliphatic rings. The molecule has 1 N–H and O–H groups in total. The van der Waals surface area contributed by atoms with Crippen molar-refractivity contribution in [2.45, 2.75) is 73.1 Å². The number of hydrogen-bond donors (Lipinski definition) is 1. The standard InChI is InChI=1S/C18H33N3/c1-13(2)8-7-9-16-12-17(15(5)6)21-18(20-16)19-11-10-14(3)4/h12-15H,7-11H2,1-6H3,(H,19,20,21). The topological polar surface area (TPSA) is 37.8 Å². The summed E-state index contributed by atoms with van der Waals surface area (Å²) in [6, 6.07) is 2.18. The summed E-state index contributed by atoms with van der Waals surface area (Å²) in [6.45, 7) is 14.4. The molecule has 0 radical (unpaired) electrons. The van der Waals surface area contributed by atoms with Crippen molar-refractivity contribution < 1.29 is 0 Å². The molecule has 0 saturated carbocycles. The maximum Gasteiger partial charge on any atom is 0.223 e. The van der Waals surface area contributed by atoms with E-state index in [1.807, 2.05) is 0 Å². The molecule has 3 nitrogen and oxygen atoms in total. The first-order chi connectivity index (χ1) is 9.88. The second kappa shape index (κ2) is 9.01. The molecular formula is C18H33N3. The Morgan fingerprint density at radius 1 is 0.952 bits per heavy atom. The largest absolute Gasteiger partial charge is 0.354 e. The van der Waals surface area contributed by atoms with Crippen LogP contribution >= 0.6 is 0 Å². The minimum Gasteiger partial charge on any atom is -0.354 e. The van der Waals surface area contributed by atoms with Gasteiger partial charge >= 0.3 is 0 Å². The zero-order valence-corrected chi connectivity index (χ0v) is 14.7. The van der Waals surface area contributed by atoms with Gasteiger partial charge in [0.1, 0.15) is 0 Å². The SMILES string of the molecule is CC(C)CCCc1cc(C(C)C)nc(NCCC(C)C)n1. The van der Waals surface area contributed by atoms with Gasteiger partial charge in [-0.05, 0) is 43.1 Å². The Labute approximate surface area is 131 Å². The first-order valence-corrected chi connectivity index (χ1v) is 8.50. The van der Waals surface area contributed by atoms with Crippen LogP contribution in [-0.2, 0) is 6.42 Å². The summed E-state index contributed by atoms with van der Waals surface area (Å²) in [4.78, 5) is 9.34. The fourth-order valence-corrected chi connectivity index (χ4v) is 2.19.